The van der Waals surface area contributed by atoms with Gasteiger partial charge >= 0.3 is 0 Å². The number of methoxy groups -OCH3 is 1. The average Bonchev–Trinajstić information content (AvgIpc) is 2.87. The molecule has 0 bridgehead atoms. The summed E-state index contributed by atoms with van der Waals surface area (Å²) in [7, 11) is -1.88. The van der Waals surface area contributed by atoms with Gasteiger partial charge < -0.3 is 4.74 Å². The number of aromatic nitrogens is 2. The fourth-order valence-electron chi connectivity index (χ4n) is 2.70. The highest BCUT2D eigenvalue weighted by atomic mass is 35.5. The van der Waals surface area contributed by atoms with E-state index in [9.17, 15) is 8.42 Å². The summed E-state index contributed by atoms with van der Waals surface area (Å²) in [5, 5.41) is 4.70. The highest BCUT2D eigenvalue weighted by Crippen LogP contribution is 2.29. The molecule has 0 radical (unpaired) electrons. The molecule has 0 atom stereocenters. The van der Waals surface area contributed by atoms with Gasteiger partial charge in [0.25, 0.3) is 0 Å². The molecule has 0 saturated carbocycles. The predicted octanol–water partition coefficient (Wildman–Crippen LogP) is 2.17. The lowest BCUT2D eigenvalue weighted by atomic mass is 10.0. The van der Waals surface area contributed by atoms with E-state index in [0.717, 1.165) is 5.56 Å². The van der Waals surface area contributed by atoms with E-state index in [1.54, 1.807) is 42.4 Å². The minimum atomic E-state index is -3.45. The molecule has 23 heavy (non-hydrogen) atoms. The van der Waals surface area contributed by atoms with Crippen molar-refractivity contribution in [2.75, 3.05) is 20.2 Å². The lowest BCUT2D eigenvalue weighted by molar-refractivity contribution is 0.175. The SMILES string of the molecule is COc1ccc(S(=O)(=O)N2CC(Cn3cc(Cl)cn3)C2)cc1C. The van der Waals surface area contributed by atoms with Crippen molar-refractivity contribution >= 4 is 21.6 Å². The van der Waals surface area contributed by atoms with Crippen molar-refractivity contribution in [2.24, 2.45) is 5.92 Å². The average molecular weight is 356 g/mol. The van der Waals surface area contributed by atoms with E-state index in [0.29, 0.717) is 35.3 Å². The number of aryl methyl sites for hydroxylation is 1. The van der Waals surface area contributed by atoms with Gasteiger partial charge in [0.2, 0.25) is 10.0 Å². The van der Waals surface area contributed by atoms with Gasteiger partial charge in [-0.2, -0.15) is 9.40 Å². The molecule has 0 N–H and O–H groups in total. The van der Waals surface area contributed by atoms with E-state index in [1.807, 2.05) is 6.92 Å². The third kappa shape index (κ3) is 3.22. The van der Waals surface area contributed by atoms with Crippen LogP contribution in [-0.4, -0.2) is 42.7 Å². The molecule has 1 aliphatic heterocycles. The number of hydrogen-bond acceptors (Lipinski definition) is 4. The summed E-state index contributed by atoms with van der Waals surface area (Å²) in [5.74, 6) is 0.932. The van der Waals surface area contributed by atoms with Gasteiger partial charge in [0, 0.05) is 31.7 Å². The van der Waals surface area contributed by atoms with Gasteiger partial charge in [0.05, 0.1) is 23.2 Å². The Bertz CT molecular complexity index is 813. The Hall–Kier alpha value is -1.57. The number of ether oxygens (including phenoxy) is 1. The summed E-state index contributed by atoms with van der Waals surface area (Å²) in [4.78, 5) is 0.302. The van der Waals surface area contributed by atoms with Crippen LogP contribution in [0, 0.1) is 12.8 Å². The number of benzene rings is 1. The van der Waals surface area contributed by atoms with E-state index in [-0.39, 0.29) is 5.92 Å². The van der Waals surface area contributed by atoms with Gasteiger partial charge in [0.15, 0.2) is 0 Å². The Morgan fingerprint density at radius 2 is 2.13 bits per heavy atom. The molecule has 2 aromatic rings. The summed E-state index contributed by atoms with van der Waals surface area (Å²) in [5.41, 5.74) is 0.803. The zero-order valence-corrected chi connectivity index (χ0v) is 14.5. The maximum absolute atomic E-state index is 12.6. The fourth-order valence-corrected chi connectivity index (χ4v) is 4.53. The van der Waals surface area contributed by atoms with Gasteiger partial charge in [-0.3, -0.25) is 4.68 Å². The molecule has 1 fully saturated rings. The molecule has 1 aliphatic rings. The van der Waals surface area contributed by atoms with Crippen LogP contribution in [0.15, 0.2) is 35.5 Å². The van der Waals surface area contributed by atoms with Gasteiger partial charge in [0.1, 0.15) is 5.75 Å². The summed E-state index contributed by atoms with van der Waals surface area (Å²) in [6.07, 6.45) is 3.32. The zero-order valence-electron chi connectivity index (χ0n) is 12.9. The number of rotatable bonds is 5. The first-order valence-corrected chi connectivity index (χ1v) is 9.04. The molecule has 0 unspecified atom stereocenters. The van der Waals surface area contributed by atoms with Crippen LogP contribution in [0.5, 0.6) is 5.75 Å². The van der Waals surface area contributed by atoms with E-state index in [4.69, 9.17) is 16.3 Å². The van der Waals surface area contributed by atoms with Crippen LogP contribution in [0.1, 0.15) is 5.56 Å². The monoisotopic (exact) mass is 355 g/mol. The van der Waals surface area contributed by atoms with E-state index < -0.39 is 10.0 Å². The normalized spacial score (nSPS) is 16.3. The zero-order chi connectivity index (χ0) is 16.6. The van der Waals surface area contributed by atoms with Crippen molar-refractivity contribution in [3.05, 3.63) is 41.2 Å². The second-order valence-corrected chi connectivity index (χ2v) is 8.07. The topological polar surface area (TPSA) is 64.4 Å². The van der Waals surface area contributed by atoms with Gasteiger partial charge in [-0.05, 0) is 30.7 Å². The maximum atomic E-state index is 12.6. The van der Waals surface area contributed by atoms with E-state index >= 15 is 0 Å². The molecule has 8 heteroatoms. The van der Waals surface area contributed by atoms with Gasteiger partial charge in [-0.25, -0.2) is 8.42 Å². The van der Waals surface area contributed by atoms with Crippen molar-refractivity contribution < 1.29 is 13.2 Å². The van der Waals surface area contributed by atoms with Crippen molar-refractivity contribution in [2.45, 2.75) is 18.4 Å². The van der Waals surface area contributed by atoms with Crippen LogP contribution in [0.4, 0.5) is 0 Å². The van der Waals surface area contributed by atoms with E-state index in [1.165, 1.54) is 4.31 Å². The molecule has 1 aromatic heterocycles. The van der Waals surface area contributed by atoms with Crippen LogP contribution in [0.3, 0.4) is 0 Å². The molecule has 6 nitrogen and oxygen atoms in total. The molecule has 0 aliphatic carbocycles. The molecule has 1 aromatic carbocycles. The van der Waals surface area contributed by atoms with Gasteiger partial charge in [-0.1, -0.05) is 11.6 Å². The summed E-state index contributed by atoms with van der Waals surface area (Å²) >= 11 is 5.83. The first-order valence-electron chi connectivity index (χ1n) is 7.23. The van der Waals surface area contributed by atoms with Gasteiger partial charge in [-0.15, -0.1) is 0 Å². The third-order valence-corrected chi connectivity index (χ3v) is 6.00. The summed E-state index contributed by atoms with van der Waals surface area (Å²) < 4.78 is 33.6. The highest BCUT2D eigenvalue weighted by Gasteiger charge is 2.37. The predicted molar refractivity (Wildman–Crippen MR) is 87.2 cm³/mol. The lowest BCUT2D eigenvalue weighted by Crippen LogP contribution is -2.51. The Labute approximate surface area is 140 Å². The highest BCUT2D eigenvalue weighted by molar-refractivity contribution is 7.89. The minimum Gasteiger partial charge on any atom is -0.496 e. The second-order valence-electron chi connectivity index (χ2n) is 5.70. The molecular weight excluding hydrogens is 338 g/mol. The quantitative estimate of drug-likeness (QED) is 0.824. The Morgan fingerprint density at radius 3 is 2.70 bits per heavy atom. The Kier molecular flexibility index (Phi) is 4.35. The van der Waals surface area contributed by atoms with Crippen molar-refractivity contribution in [1.82, 2.24) is 14.1 Å². The smallest absolute Gasteiger partial charge is 0.243 e. The Balaban J connectivity index is 1.67. The number of sulfonamides is 1. The molecule has 1 saturated heterocycles. The molecule has 0 amide bonds. The molecular formula is C15H18ClN3O3S. The minimum absolute atomic E-state index is 0.250. The third-order valence-electron chi connectivity index (χ3n) is 3.97. The summed E-state index contributed by atoms with van der Waals surface area (Å²) in [6.45, 7) is 3.48. The maximum Gasteiger partial charge on any atom is 0.243 e. The van der Waals surface area contributed by atoms with Crippen LogP contribution >= 0.6 is 11.6 Å². The standard InChI is InChI=1S/C15H18ClN3O3S/c1-11-5-14(3-4-15(11)22-2)23(20,21)19-8-12(9-19)7-18-10-13(16)6-17-18/h3-6,10,12H,7-9H2,1-2H3. The molecule has 2 heterocycles. The van der Waals surface area contributed by atoms with Crippen molar-refractivity contribution in [1.29, 1.82) is 0 Å². The summed E-state index contributed by atoms with van der Waals surface area (Å²) in [6, 6.07) is 4.92. The van der Waals surface area contributed by atoms with Crippen LogP contribution in [0.25, 0.3) is 0 Å². The second kappa shape index (κ2) is 6.14. The van der Waals surface area contributed by atoms with E-state index in [2.05, 4.69) is 5.10 Å². The first kappa shape index (κ1) is 16.3. The first-order chi connectivity index (χ1) is 10.9. The van der Waals surface area contributed by atoms with Crippen LogP contribution in [0.2, 0.25) is 5.02 Å². The van der Waals surface area contributed by atoms with Crippen molar-refractivity contribution in [3.8, 4) is 5.75 Å². The largest absolute Gasteiger partial charge is 0.496 e. The molecule has 0 spiro atoms. The number of halogens is 1. The van der Waals surface area contributed by atoms with Crippen LogP contribution < -0.4 is 4.74 Å². The lowest BCUT2D eigenvalue weighted by Gasteiger charge is -2.38. The number of hydrogen-bond donors (Lipinski definition) is 0. The molecule has 124 valence electrons. The molecule has 3 rings (SSSR count). The number of nitrogens with zero attached hydrogens (tertiary/aromatic N) is 3. The fraction of sp³-hybridized carbons (Fsp3) is 0.400. The van der Waals surface area contributed by atoms with Crippen molar-refractivity contribution in [3.63, 3.8) is 0 Å². The Morgan fingerprint density at radius 1 is 1.39 bits per heavy atom. The van der Waals surface area contributed by atoms with Crippen LogP contribution in [-0.2, 0) is 16.6 Å².